The van der Waals surface area contributed by atoms with Crippen molar-refractivity contribution in [2.24, 2.45) is 0 Å². The third-order valence-corrected chi connectivity index (χ3v) is 3.68. The van der Waals surface area contributed by atoms with Crippen molar-refractivity contribution in [2.75, 3.05) is 0 Å². The molecule has 0 aromatic rings. The number of thiol groups is 2. The van der Waals surface area contributed by atoms with Crippen LogP contribution in [0.5, 0.6) is 0 Å². The van der Waals surface area contributed by atoms with Gasteiger partial charge in [-0.3, -0.25) is 0 Å². The maximum atomic E-state index is 4.27. The van der Waals surface area contributed by atoms with Gasteiger partial charge >= 0.3 is 84.4 Å². The Kier molecular flexibility index (Phi) is 10.3. The molecule has 0 N–H and O–H groups in total. The molecular formula is C8H19CoS2. The van der Waals surface area contributed by atoms with E-state index < -0.39 is 0 Å². The fourth-order valence-corrected chi connectivity index (χ4v) is 2.43. The summed E-state index contributed by atoms with van der Waals surface area (Å²) in [5, 5.41) is 1.21. The molecule has 0 nitrogen and oxygen atoms in total. The van der Waals surface area contributed by atoms with Crippen molar-refractivity contribution in [1.82, 2.24) is 0 Å². The fourth-order valence-electron chi connectivity index (χ4n) is 0.969. The van der Waals surface area contributed by atoms with Crippen LogP contribution in [0.3, 0.4) is 0 Å². The first-order valence-electron chi connectivity index (χ1n) is 4.24. The van der Waals surface area contributed by atoms with Gasteiger partial charge in [-0.05, 0) is 0 Å². The monoisotopic (exact) mass is 238 g/mol. The third-order valence-electron chi connectivity index (χ3n) is 1.62. The normalized spacial score (nSPS) is 11.7. The van der Waals surface area contributed by atoms with Gasteiger partial charge in [-0.25, -0.2) is 0 Å². The Morgan fingerprint density at radius 3 is 2.00 bits per heavy atom. The third kappa shape index (κ3) is 11.2. The summed E-state index contributed by atoms with van der Waals surface area (Å²) in [6.07, 6.45) is 8.24. The predicted molar refractivity (Wildman–Crippen MR) is 56.2 cm³/mol. The second-order valence-corrected chi connectivity index (χ2v) is 8.04. The quantitative estimate of drug-likeness (QED) is 0.484. The molecule has 0 rings (SSSR count). The van der Waals surface area contributed by atoms with E-state index in [4.69, 9.17) is 0 Å². The average Bonchev–Trinajstić information content (AvgIpc) is 1.96. The van der Waals surface area contributed by atoms with Gasteiger partial charge in [-0.2, -0.15) is 0 Å². The van der Waals surface area contributed by atoms with E-state index in [2.05, 4.69) is 29.1 Å². The molecule has 0 saturated heterocycles. The number of hydrogen-bond acceptors (Lipinski definition) is 2. The molecule has 0 aliphatic carbocycles. The second-order valence-electron chi connectivity index (χ2n) is 2.71. The molecule has 0 unspecified atom stereocenters. The Bertz CT molecular complexity index is 76.5. The number of unbranched alkanes of at least 4 members (excludes halogenated alkanes) is 5. The van der Waals surface area contributed by atoms with Crippen LogP contribution in [0.2, 0.25) is 5.36 Å². The van der Waals surface area contributed by atoms with Crippen LogP contribution in [0.15, 0.2) is 0 Å². The zero-order valence-corrected chi connectivity index (χ0v) is 10.0. The zero-order valence-electron chi connectivity index (χ0n) is 7.18. The minimum atomic E-state index is -0.217. The van der Waals surface area contributed by atoms with Gasteiger partial charge in [0.05, 0.1) is 0 Å². The molecule has 0 aliphatic heterocycles. The zero-order chi connectivity index (χ0) is 8.53. The van der Waals surface area contributed by atoms with Gasteiger partial charge in [0.2, 0.25) is 0 Å². The van der Waals surface area contributed by atoms with Crippen LogP contribution < -0.4 is 0 Å². The van der Waals surface area contributed by atoms with Crippen LogP contribution in [-0.2, 0) is 11.4 Å². The Hall–Kier alpha value is 1.21. The van der Waals surface area contributed by atoms with Crippen LogP contribution in [0.1, 0.15) is 45.4 Å². The van der Waals surface area contributed by atoms with Crippen molar-refractivity contribution in [2.45, 2.75) is 50.8 Å². The van der Waals surface area contributed by atoms with Crippen molar-refractivity contribution >= 4 is 22.2 Å². The Balaban J connectivity index is 2.80. The fraction of sp³-hybridized carbons (Fsp3) is 1.00. The minimum absolute atomic E-state index is 0.217. The van der Waals surface area contributed by atoms with E-state index in [9.17, 15) is 0 Å². The molecule has 0 heterocycles. The standard InChI is InChI=1S/C8H17.Co.2H2S/c1-3-5-7-8-6-4-2;;;/h1,3-8H2,2H3;;2*1H2/q;+2;;/p-2. The molecule has 3 heteroatoms. The molecule has 0 atom stereocenters. The van der Waals surface area contributed by atoms with Crippen LogP contribution >= 0.6 is 22.2 Å². The van der Waals surface area contributed by atoms with Gasteiger partial charge in [0.15, 0.2) is 0 Å². The van der Waals surface area contributed by atoms with Crippen molar-refractivity contribution in [3.8, 4) is 0 Å². The summed E-state index contributed by atoms with van der Waals surface area (Å²) < 4.78 is 0. The van der Waals surface area contributed by atoms with Crippen LogP contribution in [0, 0.1) is 0 Å². The van der Waals surface area contributed by atoms with Gasteiger partial charge in [0.1, 0.15) is 0 Å². The van der Waals surface area contributed by atoms with Crippen molar-refractivity contribution in [3.05, 3.63) is 0 Å². The van der Waals surface area contributed by atoms with Crippen molar-refractivity contribution in [3.63, 3.8) is 0 Å². The summed E-state index contributed by atoms with van der Waals surface area (Å²) in [5.74, 6) is 0. The van der Waals surface area contributed by atoms with E-state index in [1.165, 1.54) is 43.9 Å². The summed E-state index contributed by atoms with van der Waals surface area (Å²) in [7, 11) is 0. The van der Waals surface area contributed by atoms with Gasteiger partial charge < -0.3 is 0 Å². The van der Waals surface area contributed by atoms with Crippen LogP contribution in [0.25, 0.3) is 0 Å². The van der Waals surface area contributed by atoms with E-state index in [1.54, 1.807) is 0 Å². The predicted octanol–water partition coefficient (Wildman–Crippen LogP) is 4.07. The summed E-state index contributed by atoms with van der Waals surface area (Å²) >= 11 is 8.32. The molecule has 11 heavy (non-hydrogen) atoms. The molecule has 0 aliphatic rings. The molecule has 0 amide bonds. The van der Waals surface area contributed by atoms with Gasteiger partial charge in [0.25, 0.3) is 0 Å². The van der Waals surface area contributed by atoms with E-state index in [0.29, 0.717) is 0 Å². The second kappa shape index (κ2) is 9.30. The number of hydrogen-bond donors (Lipinski definition) is 2. The molecule has 0 bridgehead atoms. The van der Waals surface area contributed by atoms with Crippen LogP contribution in [0.4, 0.5) is 0 Å². The van der Waals surface area contributed by atoms with Gasteiger partial charge in [0, 0.05) is 0 Å². The first-order valence-corrected chi connectivity index (χ1v) is 8.37. The Morgan fingerprint density at radius 2 is 1.45 bits per heavy atom. The molecule has 0 spiro atoms. The maximum absolute atomic E-state index is 4.27. The van der Waals surface area contributed by atoms with Crippen LogP contribution in [-0.4, -0.2) is 0 Å². The van der Waals surface area contributed by atoms with Gasteiger partial charge in [-0.15, -0.1) is 0 Å². The van der Waals surface area contributed by atoms with Crippen molar-refractivity contribution in [1.29, 1.82) is 0 Å². The van der Waals surface area contributed by atoms with E-state index in [0.717, 1.165) is 0 Å². The molecule has 0 fully saturated rings. The molecule has 0 saturated carbocycles. The van der Waals surface area contributed by atoms with E-state index in [-0.39, 0.29) is 11.4 Å². The first kappa shape index (κ1) is 12.2. The van der Waals surface area contributed by atoms with E-state index in [1.807, 2.05) is 0 Å². The molecule has 72 valence electrons. The Morgan fingerprint density at radius 1 is 0.909 bits per heavy atom. The summed E-state index contributed by atoms with van der Waals surface area (Å²) in [5.41, 5.74) is 0. The SMILES string of the molecule is CCCCCCC[CH2][Co]([SH])[SH]. The average molecular weight is 238 g/mol. The first-order chi connectivity index (χ1) is 5.27. The topological polar surface area (TPSA) is 0 Å². The summed E-state index contributed by atoms with van der Waals surface area (Å²) in [6.45, 7) is 2.25. The Labute approximate surface area is 84.3 Å². The summed E-state index contributed by atoms with van der Waals surface area (Å²) in [6, 6.07) is 0. The summed E-state index contributed by atoms with van der Waals surface area (Å²) in [4.78, 5) is 0. The molecule has 0 aromatic carbocycles. The molecule has 0 radical (unpaired) electrons. The molecule has 0 aromatic heterocycles. The van der Waals surface area contributed by atoms with Gasteiger partial charge in [-0.1, -0.05) is 0 Å². The molecular weight excluding hydrogens is 219 g/mol. The van der Waals surface area contributed by atoms with Crippen molar-refractivity contribution < 1.29 is 11.4 Å². The number of rotatable bonds is 7. The van der Waals surface area contributed by atoms with E-state index >= 15 is 0 Å².